The number of halogens is 3. The van der Waals surface area contributed by atoms with Crippen molar-refractivity contribution in [2.24, 2.45) is 0 Å². The van der Waals surface area contributed by atoms with E-state index >= 15 is 0 Å². The van der Waals surface area contributed by atoms with Gasteiger partial charge in [0.15, 0.2) is 0 Å². The summed E-state index contributed by atoms with van der Waals surface area (Å²) < 4.78 is 38.1. The van der Waals surface area contributed by atoms with Gasteiger partial charge in [0, 0.05) is 24.8 Å². The Bertz CT molecular complexity index is 502. The first-order valence-electron chi connectivity index (χ1n) is 7.02. The van der Waals surface area contributed by atoms with E-state index in [4.69, 9.17) is 5.11 Å². The van der Waals surface area contributed by atoms with Gasteiger partial charge in [0.1, 0.15) is 0 Å². The summed E-state index contributed by atoms with van der Waals surface area (Å²) in [6.07, 6.45) is -1.48. The third-order valence-electron chi connectivity index (χ3n) is 3.77. The van der Waals surface area contributed by atoms with Crippen molar-refractivity contribution in [1.82, 2.24) is 4.90 Å². The molecule has 0 aliphatic carbocycles. The lowest BCUT2D eigenvalue weighted by atomic mass is 10.1. The Labute approximate surface area is 121 Å². The molecular weight excluding hydrogens is 283 g/mol. The van der Waals surface area contributed by atoms with Gasteiger partial charge in [0.05, 0.1) is 5.56 Å². The summed E-state index contributed by atoms with van der Waals surface area (Å²) in [6.45, 7) is 0.618. The lowest BCUT2D eigenvalue weighted by Crippen LogP contribution is -2.35. The maximum absolute atomic E-state index is 12.7. The first-order chi connectivity index (χ1) is 9.93. The summed E-state index contributed by atoms with van der Waals surface area (Å²) in [4.78, 5) is 14.0. The zero-order valence-electron chi connectivity index (χ0n) is 11.6. The number of amides is 1. The average molecular weight is 301 g/mol. The number of hydrogen-bond acceptors (Lipinski definition) is 2. The van der Waals surface area contributed by atoms with E-state index < -0.39 is 11.7 Å². The molecular formula is C15H18F3NO2. The van der Waals surface area contributed by atoms with E-state index in [1.807, 2.05) is 0 Å². The first-order valence-corrected chi connectivity index (χ1v) is 7.02. The maximum Gasteiger partial charge on any atom is 0.416 e. The highest BCUT2D eigenvalue weighted by Crippen LogP contribution is 2.30. The lowest BCUT2D eigenvalue weighted by Gasteiger charge is -2.25. The number of hydrogen-bond donors (Lipinski definition) is 1. The van der Waals surface area contributed by atoms with Crippen LogP contribution in [0.1, 0.15) is 41.6 Å². The van der Waals surface area contributed by atoms with Gasteiger partial charge in [-0.15, -0.1) is 0 Å². The number of nitrogens with zero attached hydrogens (tertiary/aromatic N) is 1. The molecule has 1 aliphatic heterocycles. The van der Waals surface area contributed by atoms with Crippen LogP contribution in [0.4, 0.5) is 13.2 Å². The molecule has 0 radical (unpaired) electrons. The molecule has 3 nitrogen and oxygen atoms in total. The van der Waals surface area contributed by atoms with Crippen molar-refractivity contribution in [3.05, 3.63) is 35.4 Å². The van der Waals surface area contributed by atoms with Gasteiger partial charge in [0.2, 0.25) is 0 Å². The molecule has 21 heavy (non-hydrogen) atoms. The summed E-state index contributed by atoms with van der Waals surface area (Å²) in [5, 5.41) is 8.87. The Morgan fingerprint density at radius 1 is 1.38 bits per heavy atom. The fourth-order valence-corrected chi connectivity index (χ4v) is 2.72. The van der Waals surface area contributed by atoms with Crippen LogP contribution in [0.25, 0.3) is 0 Å². The van der Waals surface area contributed by atoms with Crippen LogP contribution in [0.2, 0.25) is 0 Å². The summed E-state index contributed by atoms with van der Waals surface area (Å²) in [5.74, 6) is -0.360. The SMILES string of the molecule is O=C(c1cccc(C(F)(F)F)c1)N1CCCC1CCCO. The topological polar surface area (TPSA) is 40.5 Å². The van der Waals surface area contributed by atoms with Crippen LogP contribution in [0.5, 0.6) is 0 Å². The Balaban J connectivity index is 2.16. The van der Waals surface area contributed by atoms with Gasteiger partial charge in [-0.2, -0.15) is 13.2 Å². The van der Waals surface area contributed by atoms with Crippen molar-refractivity contribution in [2.75, 3.05) is 13.2 Å². The minimum absolute atomic E-state index is 0.0131. The first kappa shape index (κ1) is 15.8. The fraction of sp³-hybridized carbons (Fsp3) is 0.533. The van der Waals surface area contributed by atoms with Gasteiger partial charge in [-0.3, -0.25) is 4.79 Å². The molecule has 2 rings (SSSR count). The second-order valence-corrected chi connectivity index (χ2v) is 5.24. The third-order valence-corrected chi connectivity index (χ3v) is 3.77. The number of aliphatic hydroxyl groups is 1. The average Bonchev–Trinajstić information content (AvgIpc) is 2.92. The normalized spacial score (nSPS) is 19.0. The number of alkyl halides is 3. The third kappa shape index (κ3) is 3.75. The van der Waals surface area contributed by atoms with E-state index in [0.717, 1.165) is 25.0 Å². The van der Waals surface area contributed by atoms with Crippen LogP contribution < -0.4 is 0 Å². The van der Waals surface area contributed by atoms with Crippen LogP contribution in [0.3, 0.4) is 0 Å². The van der Waals surface area contributed by atoms with Gasteiger partial charge in [-0.05, 0) is 43.9 Å². The van der Waals surface area contributed by atoms with Crippen LogP contribution in [0.15, 0.2) is 24.3 Å². The zero-order chi connectivity index (χ0) is 15.5. The molecule has 1 aliphatic rings. The Hall–Kier alpha value is -1.56. The van der Waals surface area contributed by atoms with E-state index in [9.17, 15) is 18.0 Å². The lowest BCUT2D eigenvalue weighted by molar-refractivity contribution is -0.137. The van der Waals surface area contributed by atoms with E-state index in [1.54, 1.807) is 4.90 Å². The zero-order valence-corrected chi connectivity index (χ0v) is 11.6. The predicted molar refractivity (Wildman–Crippen MR) is 71.8 cm³/mol. The smallest absolute Gasteiger partial charge is 0.396 e. The van der Waals surface area contributed by atoms with Gasteiger partial charge in [-0.1, -0.05) is 6.07 Å². The molecule has 1 aromatic rings. The van der Waals surface area contributed by atoms with Crippen molar-refractivity contribution in [3.63, 3.8) is 0 Å². The number of carbonyl (C=O) groups is 1. The maximum atomic E-state index is 12.7. The number of carbonyl (C=O) groups excluding carboxylic acids is 1. The van der Waals surface area contributed by atoms with Gasteiger partial charge < -0.3 is 10.0 Å². The molecule has 6 heteroatoms. The number of benzene rings is 1. The minimum atomic E-state index is -4.45. The highest BCUT2D eigenvalue weighted by atomic mass is 19.4. The second-order valence-electron chi connectivity index (χ2n) is 5.24. The number of rotatable bonds is 4. The molecule has 0 aromatic heterocycles. The minimum Gasteiger partial charge on any atom is -0.396 e. The number of likely N-dealkylation sites (tertiary alicyclic amines) is 1. The van der Waals surface area contributed by atoms with E-state index in [-0.39, 0.29) is 24.1 Å². The van der Waals surface area contributed by atoms with Crippen LogP contribution >= 0.6 is 0 Å². The molecule has 1 N–H and O–H groups in total. The van der Waals surface area contributed by atoms with Gasteiger partial charge in [-0.25, -0.2) is 0 Å². The quantitative estimate of drug-likeness (QED) is 0.928. The van der Waals surface area contributed by atoms with Crippen molar-refractivity contribution >= 4 is 5.91 Å². The van der Waals surface area contributed by atoms with Crippen molar-refractivity contribution in [1.29, 1.82) is 0 Å². The van der Waals surface area contributed by atoms with E-state index in [2.05, 4.69) is 0 Å². The van der Waals surface area contributed by atoms with E-state index in [1.165, 1.54) is 12.1 Å². The Morgan fingerprint density at radius 3 is 2.81 bits per heavy atom. The molecule has 1 aromatic carbocycles. The van der Waals surface area contributed by atoms with Crippen LogP contribution in [-0.2, 0) is 6.18 Å². The summed E-state index contributed by atoms with van der Waals surface area (Å²) in [6, 6.07) is 4.56. The Kier molecular flexibility index (Phi) is 4.88. The number of aliphatic hydroxyl groups excluding tert-OH is 1. The highest BCUT2D eigenvalue weighted by Gasteiger charge is 2.33. The highest BCUT2D eigenvalue weighted by molar-refractivity contribution is 5.94. The monoisotopic (exact) mass is 301 g/mol. The summed E-state index contributed by atoms with van der Waals surface area (Å²) >= 11 is 0. The summed E-state index contributed by atoms with van der Waals surface area (Å²) in [5.41, 5.74) is -0.736. The van der Waals surface area contributed by atoms with E-state index in [0.29, 0.717) is 19.4 Å². The molecule has 1 amide bonds. The predicted octanol–water partition coefficient (Wildman–Crippen LogP) is 3.08. The Morgan fingerprint density at radius 2 is 2.14 bits per heavy atom. The van der Waals surface area contributed by atoms with Crippen LogP contribution in [0, 0.1) is 0 Å². The summed E-state index contributed by atoms with van der Waals surface area (Å²) in [7, 11) is 0. The van der Waals surface area contributed by atoms with Gasteiger partial charge >= 0.3 is 6.18 Å². The molecule has 1 unspecified atom stereocenters. The van der Waals surface area contributed by atoms with Crippen molar-refractivity contribution in [3.8, 4) is 0 Å². The molecule has 1 fully saturated rings. The van der Waals surface area contributed by atoms with Crippen LogP contribution in [-0.4, -0.2) is 35.1 Å². The largest absolute Gasteiger partial charge is 0.416 e. The molecule has 1 heterocycles. The standard InChI is InChI=1S/C15H18F3NO2/c16-15(17,18)12-5-1-4-11(10-12)14(21)19-8-2-6-13(19)7-3-9-20/h1,4-5,10,13,20H,2-3,6-9H2. The van der Waals surface area contributed by atoms with Crippen molar-refractivity contribution in [2.45, 2.75) is 37.9 Å². The molecule has 0 spiro atoms. The molecule has 1 saturated heterocycles. The second kappa shape index (κ2) is 6.47. The van der Waals surface area contributed by atoms with Crippen molar-refractivity contribution < 1.29 is 23.1 Å². The molecule has 0 bridgehead atoms. The van der Waals surface area contributed by atoms with Gasteiger partial charge in [0.25, 0.3) is 5.91 Å². The molecule has 1 atom stereocenters. The fourth-order valence-electron chi connectivity index (χ4n) is 2.72. The molecule has 0 saturated carbocycles. The molecule has 116 valence electrons.